The van der Waals surface area contributed by atoms with Crippen LogP contribution in [0.2, 0.25) is 0 Å². The van der Waals surface area contributed by atoms with Crippen molar-refractivity contribution in [3.63, 3.8) is 0 Å². The lowest BCUT2D eigenvalue weighted by Crippen LogP contribution is -2.68. The molecule has 0 spiro atoms. The SMILES string of the molecule is CC(=O)OC[C@H]1O[C@@H](O[C@H]2CC[C@]3(C)[C@@H](CC[C@@]4(C)[C@H]3C[C@@H](O)[C@H]3[C@H]([C@](C)(CCC=C(C)C)O[C@@H]5O[C@@H](CO)[C@@H](O)[C@@H](O)[C@H]5O)CC[C@]34C)C2(C)C)[C@H](O[C@H]2O[C@@H](CO)[C@@H](O)[C@H](O)[C@H]2O)[C@@H](O)[C@@H]1O. The first-order valence-electron chi connectivity index (χ1n) is 25.3. The Balaban J connectivity index is 1.14. The molecule has 0 amide bonds. The molecule has 7 rings (SSSR count). The van der Waals surface area contributed by atoms with Gasteiger partial charge in [0.1, 0.15) is 79.9 Å². The summed E-state index contributed by atoms with van der Waals surface area (Å²) in [6.07, 6.45) is -15.9. The Morgan fingerprint density at radius 2 is 1.22 bits per heavy atom. The first kappa shape index (κ1) is 55.3. The molecular weight excluding hydrogens is 905 g/mol. The van der Waals surface area contributed by atoms with Gasteiger partial charge in [-0.1, -0.05) is 46.3 Å². The Labute approximate surface area is 406 Å². The van der Waals surface area contributed by atoms with Crippen molar-refractivity contribution in [2.24, 2.45) is 45.3 Å². The zero-order valence-electron chi connectivity index (χ0n) is 41.9. The smallest absolute Gasteiger partial charge is 0.302 e. The number of aliphatic hydroxyl groups excluding tert-OH is 11. The van der Waals surface area contributed by atoms with Crippen molar-refractivity contribution in [1.29, 1.82) is 0 Å². The van der Waals surface area contributed by atoms with Gasteiger partial charge < -0.3 is 89.3 Å². The number of carbonyl (C=O) groups excluding carboxylic acids is 1. The maximum Gasteiger partial charge on any atom is 0.302 e. The highest BCUT2D eigenvalue weighted by atomic mass is 16.8. The standard InChI is InChI=1S/C50H84O19/c1-23(2)11-10-15-50(9,69-44-41(62)38(59)35(56)28(21-52)65-44)25-12-17-49(8)33(25)26(54)19-31-47(6)16-14-32(46(4,5)30(47)13-18-48(31,49)7)67-45-42(39(60)36(57)29(66-45)22-63-24(3)53)68-43-40(61)37(58)34(55)27(20-51)64-43/h11,25-45,51-52,54-62H,10,12-22H2,1-9H3/t25-,26-,27+,28+,29-,30+,31+,32+,33-,34-,35-,36-,37+,38-,39+,40-,41-,42-,43-,44+,45+,47-,48+,49-,50+/m1/s1. The minimum atomic E-state index is -1.82. The first-order chi connectivity index (χ1) is 32.2. The molecule has 4 aliphatic carbocycles. The molecule has 0 aromatic heterocycles. The zero-order valence-corrected chi connectivity index (χ0v) is 41.9. The molecule has 0 bridgehead atoms. The molecule has 19 nitrogen and oxygen atoms in total. The normalized spacial score (nSPS) is 50.5. The van der Waals surface area contributed by atoms with Crippen molar-refractivity contribution in [3.8, 4) is 0 Å². The molecule has 69 heavy (non-hydrogen) atoms. The minimum Gasteiger partial charge on any atom is -0.463 e. The molecule has 0 aromatic rings. The van der Waals surface area contributed by atoms with E-state index in [1.54, 1.807) is 0 Å². The van der Waals surface area contributed by atoms with E-state index in [1.807, 2.05) is 20.8 Å². The van der Waals surface area contributed by atoms with E-state index in [-0.39, 0.29) is 39.9 Å². The summed E-state index contributed by atoms with van der Waals surface area (Å²) < 4.78 is 42.7. The van der Waals surface area contributed by atoms with Crippen molar-refractivity contribution in [1.82, 2.24) is 0 Å². The van der Waals surface area contributed by atoms with E-state index in [0.29, 0.717) is 32.1 Å². The summed E-state index contributed by atoms with van der Waals surface area (Å²) in [6, 6.07) is 0. The monoisotopic (exact) mass is 989 g/mol. The van der Waals surface area contributed by atoms with Gasteiger partial charge >= 0.3 is 5.97 Å². The van der Waals surface area contributed by atoms with E-state index in [4.69, 9.17) is 33.2 Å². The van der Waals surface area contributed by atoms with Gasteiger partial charge in [0.25, 0.3) is 0 Å². The number of aliphatic hydroxyl groups is 11. The van der Waals surface area contributed by atoms with Crippen molar-refractivity contribution in [2.45, 2.75) is 230 Å². The lowest BCUT2D eigenvalue weighted by Gasteiger charge is -2.71. The highest BCUT2D eigenvalue weighted by Crippen LogP contribution is 2.76. The Kier molecular flexibility index (Phi) is 16.6. The molecule has 7 fully saturated rings. The summed E-state index contributed by atoms with van der Waals surface area (Å²) >= 11 is 0. The van der Waals surface area contributed by atoms with Crippen LogP contribution < -0.4 is 0 Å². The average Bonchev–Trinajstić information content (AvgIpc) is 3.67. The number of fused-ring (bicyclic) bond motifs is 5. The van der Waals surface area contributed by atoms with Crippen LogP contribution in [0.1, 0.15) is 120 Å². The number of hydrogen-bond donors (Lipinski definition) is 11. The molecule has 3 heterocycles. The molecule has 25 atom stereocenters. The quantitative estimate of drug-likeness (QED) is 0.0643. The topological polar surface area (TPSA) is 304 Å². The molecule has 4 saturated carbocycles. The maximum atomic E-state index is 12.7. The fourth-order valence-corrected chi connectivity index (χ4v) is 15.1. The summed E-state index contributed by atoms with van der Waals surface area (Å²) in [5, 5.41) is 120. The molecule has 3 aliphatic heterocycles. The van der Waals surface area contributed by atoms with E-state index in [0.717, 1.165) is 31.3 Å². The molecule has 3 saturated heterocycles. The third kappa shape index (κ3) is 9.75. The summed E-state index contributed by atoms with van der Waals surface area (Å²) in [5.74, 6) is -0.854. The molecule has 7 aliphatic rings. The number of allylic oxidation sites excluding steroid dienone is 2. The highest BCUT2D eigenvalue weighted by Gasteiger charge is 2.72. The van der Waals surface area contributed by atoms with E-state index in [9.17, 15) is 61.0 Å². The van der Waals surface area contributed by atoms with Gasteiger partial charge in [-0.2, -0.15) is 0 Å². The fraction of sp³-hybridized carbons (Fsp3) is 0.940. The van der Waals surface area contributed by atoms with E-state index >= 15 is 0 Å². The van der Waals surface area contributed by atoms with Crippen molar-refractivity contribution in [3.05, 3.63) is 11.6 Å². The second kappa shape index (κ2) is 20.7. The molecule has 0 unspecified atom stereocenters. The Hall–Kier alpha value is -1.47. The minimum absolute atomic E-state index is 0.0657. The van der Waals surface area contributed by atoms with Crippen molar-refractivity contribution >= 4 is 5.97 Å². The Morgan fingerprint density at radius 3 is 1.81 bits per heavy atom. The van der Waals surface area contributed by atoms with Gasteiger partial charge in [0.15, 0.2) is 18.9 Å². The second-order valence-electron chi connectivity index (χ2n) is 23.5. The van der Waals surface area contributed by atoms with Crippen LogP contribution in [0.5, 0.6) is 0 Å². The van der Waals surface area contributed by atoms with Crippen molar-refractivity contribution in [2.75, 3.05) is 19.8 Å². The third-order valence-corrected chi connectivity index (χ3v) is 19.1. The van der Waals surface area contributed by atoms with Gasteiger partial charge in [-0.15, -0.1) is 0 Å². The van der Waals surface area contributed by atoms with Crippen LogP contribution in [0.15, 0.2) is 11.6 Å². The van der Waals surface area contributed by atoms with Gasteiger partial charge in [-0.05, 0) is 124 Å². The van der Waals surface area contributed by atoms with E-state index in [2.05, 4.69) is 40.7 Å². The van der Waals surface area contributed by atoms with Crippen LogP contribution in [0.25, 0.3) is 0 Å². The lowest BCUT2D eigenvalue weighted by atomic mass is 9.35. The first-order valence-corrected chi connectivity index (χ1v) is 25.3. The summed E-state index contributed by atoms with van der Waals surface area (Å²) in [5.41, 5.74) is -1.23. The number of hydrogen-bond acceptors (Lipinski definition) is 19. The van der Waals surface area contributed by atoms with Crippen LogP contribution in [0.4, 0.5) is 0 Å². The zero-order chi connectivity index (χ0) is 50.9. The highest BCUT2D eigenvalue weighted by molar-refractivity contribution is 5.65. The lowest BCUT2D eigenvalue weighted by molar-refractivity contribution is -0.378. The maximum absolute atomic E-state index is 12.7. The summed E-state index contributed by atoms with van der Waals surface area (Å²) in [6.45, 7) is 16.9. The number of ether oxygens (including phenoxy) is 7. The van der Waals surface area contributed by atoms with Gasteiger partial charge in [-0.3, -0.25) is 4.79 Å². The van der Waals surface area contributed by atoms with Gasteiger partial charge in [-0.25, -0.2) is 0 Å². The van der Waals surface area contributed by atoms with E-state index in [1.165, 1.54) is 6.92 Å². The molecular formula is C50H84O19. The second-order valence-corrected chi connectivity index (χ2v) is 23.5. The van der Waals surface area contributed by atoms with Crippen LogP contribution >= 0.6 is 0 Å². The fourth-order valence-electron chi connectivity index (χ4n) is 15.1. The number of esters is 1. The molecule has 398 valence electrons. The van der Waals surface area contributed by atoms with Gasteiger partial charge in [0.2, 0.25) is 0 Å². The Morgan fingerprint density at radius 1 is 0.652 bits per heavy atom. The summed E-state index contributed by atoms with van der Waals surface area (Å²) in [4.78, 5) is 11.8. The average molecular weight is 989 g/mol. The number of rotatable bonds is 14. The number of carbonyl (C=O) groups is 1. The molecule has 11 N–H and O–H groups in total. The molecule has 0 radical (unpaired) electrons. The third-order valence-electron chi connectivity index (χ3n) is 19.1. The van der Waals surface area contributed by atoms with E-state index < -0.39 is 141 Å². The predicted molar refractivity (Wildman–Crippen MR) is 243 cm³/mol. The van der Waals surface area contributed by atoms with Crippen LogP contribution in [-0.2, 0) is 38.0 Å². The van der Waals surface area contributed by atoms with Gasteiger partial charge in [0, 0.05) is 6.92 Å². The van der Waals surface area contributed by atoms with Crippen LogP contribution in [0, 0.1) is 45.3 Å². The van der Waals surface area contributed by atoms with Gasteiger partial charge in [0.05, 0.1) is 31.0 Å². The Bertz CT molecular complexity index is 1790. The van der Waals surface area contributed by atoms with Crippen molar-refractivity contribution < 1.29 is 94.1 Å². The largest absolute Gasteiger partial charge is 0.463 e. The predicted octanol–water partition coefficient (Wildman–Crippen LogP) is 0.544. The van der Waals surface area contributed by atoms with Crippen LogP contribution in [-0.4, -0.2) is 192 Å². The summed E-state index contributed by atoms with van der Waals surface area (Å²) in [7, 11) is 0. The molecule has 0 aromatic carbocycles. The molecule has 19 heteroatoms. The van der Waals surface area contributed by atoms with Crippen LogP contribution in [0.3, 0.4) is 0 Å².